The van der Waals surface area contributed by atoms with Crippen LogP contribution < -0.4 is 10.9 Å². The first-order chi connectivity index (χ1) is 9.62. The van der Waals surface area contributed by atoms with Gasteiger partial charge in [0.05, 0.1) is 0 Å². The molecule has 5 fully saturated rings. The van der Waals surface area contributed by atoms with Crippen molar-refractivity contribution in [1.29, 1.82) is 0 Å². The fourth-order valence-electron chi connectivity index (χ4n) is 5.47. The standard InChI is InChI=1S/C16H24N2O2/c19-14(17-18-15(20)13-1-2-13)9-16-6-10-3-11(7-16)5-12(4-10)8-16/h10-13H,1-9H2,(H,17,19)(H,18,20). The molecule has 0 unspecified atom stereocenters. The Labute approximate surface area is 120 Å². The predicted octanol–water partition coefficient (Wildman–Crippen LogP) is 2.15. The smallest absolute Gasteiger partial charge is 0.241 e. The quantitative estimate of drug-likeness (QED) is 0.776. The summed E-state index contributed by atoms with van der Waals surface area (Å²) in [4.78, 5) is 23.7. The molecule has 5 saturated carbocycles. The van der Waals surface area contributed by atoms with Gasteiger partial charge in [-0.2, -0.15) is 0 Å². The molecule has 0 heterocycles. The van der Waals surface area contributed by atoms with Crippen LogP contribution in [-0.2, 0) is 9.59 Å². The van der Waals surface area contributed by atoms with Gasteiger partial charge >= 0.3 is 0 Å². The average Bonchev–Trinajstić information content (AvgIpc) is 3.17. The molecule has 0 aromatic rings. The summed E-state index contributed by atoms with van der Waals surface area (Å²) in [5.41, 5.74) is 5.48. The molecule has 20 heavy (non-hydrogen) atoms. The lowest BCUT2D eigenvalue weighted by atomic mass is 9.49. The van der Waals surface area contributed by atoms with Crippen LogP contribution in [0.15, 0.2) is 0 Å². The molecule has 0 aromatic heterocycles. The van der Waals surface area contributed by atoms with E-state index in [0.717, 1.165) is 30.6 Å². The molecule has 2 N–H and O–H groups in total. The molecule has 4 nitrogen and oxygen atoms in total. The third-order valence-electron chi connectivity index (χ3n) is 5.97. The van der Waals surface area contributed by atoms with Crippen molar-refractivity contribution in [2.45, 2.75) is 57.8 Å². The molecule has 4 bridgehead atoms. The molecule has 0 atom stereocenters. The molecule has 0 saturated heterocycles. The highest BCUT2D eigenvalue weighted by Crippen LogP contribution is 2.61. The zero-order valence-corrected chi connectivity index (χ0v) is 12.0. The molecule has 0 aliphatic heterocycles. The number of hydrazine groups is 1. The summed E-state index contributed by atoms with van der Waals surface area (Å²) in [5, 5.41) is 0. The van der Waals surface area contributed by atoms with Crippen molar-refractivity contribution >= 4 is 11.8 Å². The summed E-state index contributed by atoms with van der Waals surface area (Å²) in [6.45, 7) is 0. The van der Waals surface area contributed by atoms with E-state index < -0.39 is 0 Å². The van der Waals surface area contributed by atoms with Gasteiger partial charge in [0.25, 0.3) is 0 Å². The van der Waals surface area contributed by atoms with E-state index in [0.29, 0.717) is 6.42 Å². The Morgan fingerprint density at radius 2 is 1.45 bits per heavy atom. The molecule has 110 valence electrons. The number of carbonyl (C=O) groups excluding carboxylic acids is 2. The Kier molecular flexibility index (Phi) is 2.83. The summed E-state index contributed by atoms with van der Waals surface area (Å²) in [7, 11) is 0. The Hall–Kier alpha value is -1.06. The molecular formula is C16H24N2O2. The minimum atomic E-state index is -0.0103. The van der Waals surface area contributed by atoms with Gasteiger partial charge in [-0.25, -0.2) is 0 Å². The molecular weight excluding hydrogens is 252 g/mol. The maximum absolute atomic E-state index is 12.1. The van der Waals surface area contributed by atoms with Gasteiger partial charge in [-0.1, -0.05) is 0 Å². The maximum Gasteiger partial charge on any atom is 0.241 e. The van der Waals surface area contributed by atoms with E-state index in [1.165, 1.54) is 38.5 Å². The van der Waals surface area contributed by atoms with Crippen molar-refractivity contribution in [2.75, 3.05) is 0 Å². The fourth-order valence-corrected chi connectivity index (χ4v) is 5.47. The minimum Gasteiger partial charge on any atom is -0.273 e. The van der Waals surface area contributed by atoms with Gasteiger partial charge in [0.2, 0.25) is 11.8 Å². The van der Waals surface area contributed by atoms with Gasteiger partial charge in [-0.15, -0.1) is 0 Å². The lowest BCUT2D eigenvalue weighted by molar-refractivity contribution is -0.134. The molecule has 4 heteroatoms. The summed E-state index contributed by atoms with van der Waals surface area (Å²) >= 11 is 0. The van der Waals surface area contributed by atoms with E-state index in [9.17, 15) is 9.59 Å². The van der Waals surface area contributed by atoms with Crippen LogP contribution >= 0.6 is 0 Å². The van der Waals surface area contributed by atoms with Crippen molar-refractivity contribution in [3.63, 3.8) is 0 Å². The monoisotopic (exact) mass is 276 g/mol. The van der Waals surface area contributed by atoms with E-state index in [2.05, 4.69) is 10.9 Å². The lowest BCUT2D eigenvalue weighted by Gasteiger charge is -2.56. The topological polar surface area (TPSA) is 58.2 Å². The lowest BCUT2D eigenvalue weighted by Crippen LogP contribution is -2.50. The van der Waals surface area contributed by atoms with Crippen LogP contribution in [0, 0.1) is 29.1 Å². The third kappa shape index (κ3) is 2.33. The van der Waals surface area contributed by atoms with Gasteiger partial charge in [0.15, 0.2) is 0 Å². The van der Waals surface area contributed by atoms with Crippen LogP contribution in [0.1, 0.15) is 57.8 Å². The number of carbonyl (C=O) groups is 2. The summed E-state index contributed by atoms with van der Waals surface area (Å²) in [6.07, 6.45) is 10.5. The van der Waals surface area contributed by atoms with Crippen LogP contribution in [0.25, 0.3) is 0 Å². The predicted molar refractivity (Wildman–Crippen MR) is 74.2 cm³/mol. The SMILES string of the molecule is O=C(CC12CC3CC(CC(C3)C1)C2)NNC(=O)C1CC1. The zero-order valence-electron chi connectivity index (χ0n) is 12.0. The second-order valence-corrected chi connectivity index (χ2v) is 7.91. The van der Waals surface area contributed by atoms with Gasteiger partial charge in [0, 0.05) is 12.3 Å². The Bertz CT molecular complexity index is 406. The molecule has 5 rings (SSSR count). The van der Waals surface area contributed by atoms with Crippen LogP contribution in [0.2, 0.25) is 0 Å². The van der Waals surface area contributed by atoms with Gasteiger partial charge < -0.3 is 0 Å². The van der Waals surface area contributed by atoms with Crippen molar-refractivity contribution in [3.8, 4) is 0 Å². The van der Waals surface area contributed by atoms with E-state index >= 15 is 0 Å². The average molecular weight is 276 g/mol. The van der Waals surface area contributed by atoms with Crippen LogP contribution in [-0.4, -0.2) is 11.8 Å². The van der Waals surface area contributed by atoms with Gasteiger partial charge in [-0.3, -0.25) is 20.4 Å². The number of nitrogens with one attached hydrogen (secondary N) is 2. The Morgan fingerprint density at radius 1 is 0.900 bits per heavy atom. The summed E-state index contributed by atoms with van der Waals surface area (Å²) < 4.78 is 0. The normalized spacial score (nSPS) is 41.5. The molecule has 0 spiro atoms. The highest BCUT2D eigenvalue weighted by molar-refractivity contribution is 5.84. The molecule has 0 aromatic carbocycles. The maximum atomic E-state index is 12.1. The first kappa shape index (κ1) is 12.7. The first-order valence-corrected chi connectivity index (χ1v) is 8.21. The highest BCUT2D eigenvalue weighted by Gasteiger charge is 2.51. The van der Waals surface area contributed by atoms with Crippen molar-refractivity contribution in [3.05, 3.63) is 0 Å². The second-order valence-electron chi connectivity index (χ2n) is 7.91. The van der Waals surface area contributed by atoms with Crippen molar-refractivity contribution < 1.29 is 9.59 Å². The number of amides is 2. The summed E-state index contributed by atoms with van der Waals surface area (Å²) in [6, 6.07) is 0. The van der Waals surface area contributed by atoms with Crippen LogP contribution in [0.5, 0.6) is 0 Å². The first-order valence-electron chi connectivity index (χ1n) is 8.21. The number of hydrogen-bond donors (Lipinski definition) is 2. The minimum absolute atomic E-state index is 0.0103. The van der Waals surface area contributed by atoms with E-state index in [4.69, 9.17) is 0 Å². The zero-order chi connectivity index (χ0) is 13.7. The van der Waals surface area contributed by atoms with Gasteiger partial charge in [-0.05, 0) is 74.5 Å². The number of hydrogen-bond acceptors (Lipinski definition) is 2. The van der Waals surface area contributed by atoms with E-state index in [1.807, 2.05) is 0 Å². The molecule has 5 aliphatic rings. The highest BCUT2D eigenvalue weighted by atomic mass is 16.2. The van der Waals surface area contributed by atoms with Crippen molar-refractivity contribution in [2.24, 2.45) is 29.1 Å². The Balaban J connectivity index is 1.33. The van der Waals surface area contributed by atoms with E-state index in [1.54, 1.807) is 0 Å². The molecule has 0 radical (unpaired) electrons. The molecule has 5 aliphatic carbocycles. The Morgan fingerprint density at radius 3 is 1.95 bits per heavy atom. The molecule has 2 amide bonds. The number of rotatable bonds is 3. The fraction of sp³-hybridized carbons (Fsp3) is 0.875. The van der Waals surface area contributed by atoms with Crippen molar-refractivity contribution in [1.82, 2.24) is 10.9 Å². The second kappa shape index (κ2) is 4.47. The van der Waals surface area contributed by atoms with E-state index in [-0.39, 0.29) is 23.1 Å². The largest absolute Gasteiger partial charge is 0.273 e. The third-order valence-corrected chi connectivity index (χ3v) is 5.97. The summed E-state index contributed by atoms with van der Waals surface area (Å²) in [5.74, 6) is 2.76. The van der Waals surface area contributed by atoms with Crippen LogP contribution in [0.4, 0.5) is 0 Å². The van der Waals surface area contributed by atoms with Gasteiger partial charge in [0.1, 0.15) is 0 Å². The van der Waals surface area contributed by atoms with Crippen LogP contribution in [0.3, 0.4) is 0 Å².